The van der Waals surface area contributed by atoms with E-state index in [0.29, 0.717) is 21.3 Å². The Morgan fingerprint density at radius 2 is 1.87 bits per heavy atom. The van der Waals surface area contributed by atoms with Gasteiger partial charge in [0.25, 0.3) is 0 Å². The van der Waals surface area contributed by atoms with Crippen LogP contribution < -0.4 is 5.73 Å². The van der Waals surface area contributed by atoms with Gasteiger partial charge in [0.1, 0.15) is 17.6 Å². The van der Waals surface area contributed by atoms with Crippen molar-refractivity contribution in [2.24, 2.45) is 16.6 Å². The summed E-state index contributed by atoms with van der Waals surface area (Å²) in [5.74, 6) is -2.57. The first-order valence-corrected chi connectivity index (χ1v) is 10.8. The first-order chi connectivity index (χ1) is 14.9. The summed E-state index contributed by atoms with van der Waals surface area (Å²) in [6.07, 6.45) is 0. The zero-order chi connectivity index (χ0) is 22.4. The molecule has 31 heavy (non-hydrogen) atoms. The second kappa shape index (κ2) is 10.3. The molecule has 1 heterocycles. The Morgan fingerprint density at radius 3 is 2.52 bits per heavy atom. The largest absolute Gasteiger partial charge is 0.460 e. The lowest BCUT2D eigenvalue weighted by Gasteiger charge is -2.30. The Labute approximate surface area is 189 Å². The number of nitrogens with zero attached hydrogens (tertiary/aromatic N) is 2. The highest BCUT2D eigenvalue weighted by Gasteiger charge is 2.41. The SMILES string of the molecule is CC1=NC(SCC(N)=O)=C(C#N)[C@@H](c2ccccc2Cl)C1C(=O)OCc1ccccc1. The lowest BCUT2D eigenvalue weighted by atomic mass is 9.77. The van der Waals surface area contributed by atoms with Crippen LogP contribution in [0.3, 0.4) is 0 Å². The number of esters is 1. The molecule has 0 saturated heterocycles. The molecule has 1 amide bonds. The zero-order valence-corrected chi connectivity index (χ0v) is 18.3. The van der Waals surface area contributed by atoms with E-state index in [1.54, 1.807) is 31.2 Å². The number of nitrogens with two attached hydrogens (primary N) is 1. The van der Waals surface area contributed by atoms with Crippen molar-refractivity contribution in [1.82, 2.24) is 0 Å². The highest BCUT2D eigenvalue weighted by atomic mass is 35.5. The van der Waals surface area contributed by atoms with Crippen LogP contribution in [0.4, 0.5) is 0 Å². The third kappa shape index (κ3) is 5.35. The highest BCUT2D eigenvalue weighted by molar-refractivity contribution is 8.03. The van der Waals surface area contributed by atoms with Crippen LogP contribution in [0.1, 0.15) is 24.0 Å². The number of ether oxygens (including phenoxy) is 1. The number of allylic oxidation sites excluding steroid dienone is 1. The molecule has 0 saturated carbocycles. The molecular weight excluding hydrogens is 434 g/mol. The third-order valence-corrected chi connectivity index (χ3v) is 6.15. The minimum Gasteiger partial charge on any atom is -0.460 e. The minimum absolute atomic E-state index is 0.0321. The molecule has 0 fully saturated rings. The van der Waals surface area contributed by atoms with Gasteiger partial charge >= 0.3 is 5.97 Å². The van der Waals surface area contributed by atoms with Gasteiger partial charge in [-0.25, -0.2) is 4.99 Å². The van der Waals surface area contributed by atoms with Crippen molar-refractivity contribution in [3.05, 3.63) is 81.3 Å². The smallest absolute Gasteiger partial charge is 0.316 e. The molecule has 2 aromatic carbocycles. The first kappa shape index (κ1) is 22.6. The standard InChI is InChI=1S/C23H20ClN3O3S/c1-14-20(23(29)30-12-15-7-3-2-4-8-15)21(16-9-5-6-10-18(16)24)17(11-25)22(27-14)31-13-19(26)28/h2-10,20-21H,12-13H2,1H3,(H2,26,28)/t20?,21-/m1/s1. The average molecular weight is 454 g/mol. The second-order valence-electron chi connectivity index (χ2n) is 6.91. The van der Waals surface area contributed by atoms with Gasteiger partial charge in [-0.15, -0.1) is 0 Å². The molecule has 0 aromatic heterocycles. The van der Waals surface area contributed by atoms with Crippen LogP contribution in [-0.4, -0.2) is 23.3 Å². The van der Waals surface area contributed by atoms with E-state index in [9.17, 15) is 14.9 Å². The number of aliphatic imine (C=N–C) groups is 1. The maximum atomic E-state index is 13.2. The molecule has 0 bridgehead atoms. The topological polar surface area (TPSA) is 106 Å². The van der Waals surface area contributed by atoms with Crippen molar-refractivity contribution in [3.8, 4) is 6.07 Å². The van der Waals surface area contributed by atoms with E-state index >= 15 is 0 Å². The number of carbonyl (C=O) groups excluding carboxylic acids is 2. The summed E-state index contributed by atoms with van der Waals surface area (Å²) < 4.78 is 5.58. The Morgan fingerprint density at radius 1 is 1.19 bits per heavy atom. The molecular formula is C23H20ClN3O3S. The van der Waals surface area contributed by atoms with Gasteiger partial charge in [-0.05, 0) is 24.1 Å². The molecule has 1 aliphatic rings. The second-order valence-corrected chi connectivity index (χ2v) is 8.28. The fraction of sp³-hybridized carbons (Fsp3) is 0.217. The number of hydrogen-bond acceptors (Lipinski definition) is 6. The van der Waals surface area contributed by atoms with Gasteiger partial charge in [-0.2, -0.15) is 5.26 Å². The molecule has 0 spiro atoms. The maximum Gasteiger partial charge on any atom is 0.316 e. The molecule has 1 aliphatic heterocycles. The molecule has 2 aromatic rings. The molecule has 3 rings (SSSR count). The van der Waals surface area contributed by atoms with E-state index in [0.717, 1.165) is 17.3 Å². The van der Waals surface area contributed by atoms with Crippen molar-refractivity contribution >= 4 is 41.0 Å². The predicted molar refractivity (Wildman–Crippen MR) is 121 cm³/mol. The Hall–Kier alpha value is -3.08. The zero-order valence-electron chi connectivity index (χ0n) is 16.7. The fourth-order valence-electron chi connectivity index (χ4n) is 3.39. The van der Waals surface area contributed by atoms with Crippen LogP contribution in [0.2, 0.25) is 5.02 Å². The maximum absolute atomic E-state index is 13.2. The molecule has 8 heteroatoms. The summed E-state index contributed by atoms with van der Waals surface area (Å²) >= 11 is 7.51. The van der Waals surface area contributed by atoms with Crippen molar-refractivity contribution in [2.45, 2.75) is 19.4 Å². The van der Waals surface area contributed by atoms with E-state index < -0.39 is 23.7 Å². The summed E-state index contributed by atoms with van der Waals surface area (Å²) in [5.41, 5.74) is 7.47. The molecule has 0 aliphatic carbocycles. The Kier molecular flexibility index (Phi) is 7.50. The number of hydrogen-bond donors (Lipinski definition) is 1. The normalized spacial score (nSPS) is 18.2. The Balaban J connectivity index is 2.00. The van der Waals surface area contributed by atoms with Crippen molar-refractivity contribution in [1.29, 1.82) is 5.26 Å². The number of rotatable bonds is 7. The van der Waals surface area contributed by atoms with Gasteiger partial charge in [0.05, 0.1) is 17.4 Å². The molecule has 158 valence electrons. The molecule has 2 N–H and O–H groups in total. The van der Waals surface area contributed by atoms with Crippen LogP contribution in [-0.2, 0) is 20.9 Å². The molecule has 2 atom stereocenters. The van der Waals surface area contributed by atoms with E-state index in [1.807, 2.05) is 30.3 Å². The van der Waals surface area contributed by atoms with E-state index in [2.05, 4.69) is 11.1 Å². The van der Waals surface area contributed by atoms with E-state index in [4.69, 9.17) is 22.1 Å². The summed E-state index contributed by atoms with van der Waals surface area (Å²) in [6, 6.07) is 18.5. The van der Waals surface area contributed by atoms with Gasteiger partial charge in [0.2, 0.25) is 5.91 Å². The van der Waals surface area contributed by atoms with E-state index in [1.165, 1.54) is 0 Å². The lowest BCUT2D eigenvalue weighted by Crippen LogP contribution is -2.34. The highest BCUT2D eigenvalue weighted by Crippen LogP contribution is 2.44. The monoisotopic (exact) mass is 453 g/mol. The predicted octanol–water partition coefficient (Wildman–Crippen LogP) is 4.21. The average Bonchev–Trinajstić information content (AvgIpc) is 2.76. The van der Waals surface area contributed by atoms with Crippen LogP contribution in [0.5, 0.6) is 0 Å². The quantitative estimate of drug-likeness (QED) is 0.632. The molecule has 0 radical (unpaired) electrons. The number of carbonyl (C=O) groups is 2. The third-order valence-electron chi connectivity index (χ3n) is 4.79. The minimum atomic E-state index is -0.823. The summed E-state index contributed by atoms with van der Waals surface area (Å²) in [5, 5.41) is 10.7. The number of benzene rings is 2. The van der Waals surface area contributed by atoms with Gasteiger partial charge in [0.15, 0.2) is 0 Å². The molecule has 1 unspecified atom stereocenters. The van der Waals surface area contributed by atoms with Crippen molar-refractivity contribution < 1.29 is 14.3 Å². The number of amides is 1. The van der Waals surface area contributed by atoms with Crippen LogP contribution in [0.25, 0.3) is 0 Å². The van der Waals surface area contributed by atoms with E-state index in [-0.39, 0.29) is 17.9 Å². The summed E-state index contributed by atoms with van der Waals surface area (Å²) in [6.45, 7) is 1.81. The van der Waals surface area contributed by atoms with Gasteiger partial charge < -0.3 is 10.5 Å². The lowest BCUT2D eigenvalue weighted by molar-refractivity contribution is -0.147. The van der Waals surface area contributed by atoms with Gasteiger partial charge in [-0.1, -0.05) is 71.9 Å². The summed E-state index contributed by atoms with van der Waals surface area (Å²) in [7, 11) is 0. The number of thioether (sulfide) groups is 1. The Bertz CT molecular complexity index is 1090. The fourth-order valence-corrected chi connectivity index (χ4v) is 4.45. The molecule has 6 nitrogen and oxygen atoms in total. The van der Waals surface area contributed by atoms with Crippen LogP contribution >= 0.6 is 23.4 Å². The van der Waals surface area contributed by atoms with Crippen LogP contribution in [0, 0.1) is 17.2 Å². The van der Waals surface area contributed by atoms with Crippen LogP contribution in [0.15, 0.2) is 70.2 Å². The van der Waals surface area contributed by atoms with Crippen molar-refractivity contribution in [3.63, 3.8) is 0 Å². The van der Waals surface area contributed by atoms with Gasteiger partial charge in [0, 0.05) is 16.7 Å². The first-order valence-electron chi connectivity index (χ1n) is 9.48. The van der Waals surface area contributed by atoms with Crippen molar-refractivity contribution in [2.75, 3.05) is 5.75 Å². The summed E-state index contributed by atoms with van der Waals surface area (Å²) in [4.78, 5) is 28.9. The number of nitriles is 1. The number of primary amides is 1. The number of halogens is 1. The van der Waals surface area contributed by atoms with Gasteiger partial charge in [-0.3, -0.25) is 9.59 Å².